The summed E-state index contributed by atoms with van der Waals surface area (Å²) in [6.07, 6.45) is 8.05. The topological polar surface area (TPSA) is 192 Å². The smallest absolute Gasteiger partial charge is 0.407 e. The number of rotatable bonds is 17. The number of carbonyl (C=O) groups excluding carboxylic acids is 5. The average molecular weight is 842 g/mol. The highest BCUT2D eigenvalue weighted by Gasteiger charge is 2.39. The highest BCUT2D eigenvalue weighted by atomic mass is 16.6. The van der Waals surface area contributed by atoms with Crippen LogP contribution in [0.5, 0.6) is 0 Å². The first kappa shape index (κ1) is 51.4. The molecule has 1 aromatic rings. The summed E-state index contributed by atoms with van der Waals surface area (Å²) in [6, 6.07) is 7.89. The summed E-state index contributed by atoms with van der Waals surface area (Å²) in [5.41, 5.74) is 1.11. The largest absolute Gasteiger partial charge is 0.444 e. The van der Waals surface area contributed by atoms with Gasteiger partial charge >= 0.3 is 12.2 Å². The first-order chi connectivity index (χ1) is 28.2. The van der Waals surface area contributed by atoms with Crippen molar-refractivity contribution in [3.8, 4) is 0 Å². The molecule has 0 saturated carbocycles. The molecule has 0 bridgehead atoms. The number of ether oxygens (including phenoxy) is 4. The lowest BCUT2D eigenvalue weighted by Gasteiger charge is -2.38. The van der Waals surface area contributed by atoms with Gasteiger partial charge in [0.05, 0.1) is 54.8 Å². The molecule has 4 amide bonds. The molecule has 15 heteroatoms. The predicted molar refractivity (Wildman–Crippen MR) is 231 cm³/mol. The highest BCUT2D eigenvalue weighted by molar-refractivity contribution is 5.80. The first-order valence-electron chi connectivity index (χ1n) is 21.1. The Balaban J connectivity index is 0.000000429. The van der Waals surface area contributed by atoms with E-state index in [0.717, 1.165) is 43.1 Å². The van der Waals surface area contributed by atoms with Crippen LogP contribution in [0.15, 0.2) is 58.8 Å². The van der Waals surface area contributed by atoms with Crippen molar-refractivity contribution in [2.75, 3.05) is 0 Å². The number of hydrogen-bond acceptors (Lipinski definition) is 11. The van der Waals surface area contributed by atoms with Crippen LogP contribution < -0.4 is 21.3 Å². The van der Waals surface area contributed by atoms with E-state index in [1.165, 1.54) is 13.8 Å². The van der Waals surface area contributed by atoms with E-state index in [0.29, 0.717) is 25.0 Å². The summed E-state index contributed by atoms with van der Waals surface area (Å²) in [5.74, 6) is -0.428. The number of amides is 4. The molecule has 2 aliphatic carbocycles. The number of aldehydes is 1. The van der Waals surface area contributed by atoms with Crippen LogP contribution in [0.25, 0.3) is 0 Å². The van der Waals surface area contributed by atoms with Crippen molar-refractivity contribution < 1.29 is 47.8 Å². The highest BCUT2D eigenvalue weighted by Crippen LogP contribution is 2.26. The van der Waals surface area contributed by atoms with E-state index in [-0.39, 0.29) is 24.0 Å². The fraction of sp³-hybridized carbons (Fsp3) is 0.644. The third-order valence-electron chi connectivity index (χ3n) is 9.43. The second kappa shape index (κ2) is 25.1. The van der Waals surface area contributed by atoms with E-state index in [1.54, 1.807) is 53.8 Å². The third-order valence-corrected chi connectivity index (χ3v) is 9.43. The maximum absolute atomic E-state index is 12.6. The van der Waals surface area contributed by atoms with Crippen LogP contribution in [0.1, 0.15) is 127 Å². The Bertz CT molecular complexity index is 1610. The molecule has 6 atom stereocenters. The molecule has 0 fully saturated rings. The molecule has 0 radical (unpaired) electrons. The molecule has 0 saturated heterocycles. The standard InChI is InChI=1S/C26H39N3O5.C19H32N2O5/c1-7-21(8-2)33-23-15-20(16-27-32-17-19-12-10-9-11-13-19)14-22(24(23)28-18(3)30)29-25(31)34-26(4,5)6;1-7-14(8-2)25-16-10-13(11-22)9-15(17(16)20-12(3)23)21-18(24)26-19(4,5)6/h9-13,15-16,21-24H,7-8,14,17H2,1-6H3,(H,28,30)(H,29,31);10-11,14-17H,7-9H2,1-6H3,(H,20,23)(H,21,24)/b27-16+;/t22-,23+,24+;15-,16+,17+/m00/s1. The zero-order valence-electron chi connectivity index (χ0n) is 37.8. The fourth-order valence-corrected chi connectivity index (χ4v) is 6.65. The average Bonchev–Trinajstić information content (AvgIpc) is 3.15. The minimum absolute atomic E-state index is 0.000636. The second-order valence-corrected chi connectivity index (χ2v) is 17.0. The molecule has 4 N–H and O–H groups in total. The van der Waals surface area contributed by atoms with Gasteiger partial charge in [0.15, 0.2) is 0 Å². The maximum Gasteiger partial charge on any atom is 0.407 e. The van der Waals surface area contributed by atoms with Crippen LogP contribution >= 0.6 is 0 Å². The van der Waals surface area contributed by atoms with Gasteiger partial charge in [0.1, 0.15) is 24.1 Å². The summed E-state index contributed by atoms with van der Waals surface area (Å²) in [7, 11) is 0. The molecule has 2 aliphatic rings. The normalized spacial score (nSPS) is 21.8. The SMILES string of the molecule is CCC(CC)O[C@@H]1C=C(/C=N/OCc2ccccc2)C[C@H](NC(=O)OC(C)(C)C)[C@H]1NC(C)=O.CCC(CC)O[C@@H]1C=C(C=O)C[C@H](NC(=O)OC(C)(C)C)[C@H]1NC(C)=O. The van der Waals surface area contributed by atoms with Gasteiger partial charge in [-0.15, -0.1) is 0 Å². The van der Waals surface area contributed by atoms with E-state index >= 15 is 0 Å². The van der Waals surface area contributed by atoms with E-state index in [1.807, 2.05) is 50.3 Å². The van der Waals surface area contributed by atoms with E-state index in [2.05, 4.69) is 40.3 Å². The lowest BCUT2D eigenvalue weighted by Crippen LogP contribution is -2.59. The van der Waals surface area contributed by atoms with Crippen LogP contribution in [0.2, 0.25) is 0 Å². The number of nitrogens with zero attached hydrogens (tertiary/aromatic N) is 1. The van der Waals surface area contributed by atoms with E-state index in [9.17, 15) is 24.0 Å². The van der Waals surface area contributed by atoms with E-state index < -0.39 is 59.8 Å². The number of nitrogens with one attached hydrogen (secondary N) is 4. The molecule has 3 rings (SSSR count). The summed E-state index contributed by atoms with van der Waals surface area (Å²) < 4.78 is 23.2. The van der Waals surface area contributed by atoms with Gasteiger partial charge in [-0.25, -0.2) is 9.59 Å². The molecule has 0 aliphatic heterocycles. The first-order valence-corrected chi connectivity index (χ1v) is 21.1. The van der Waals surface area contributed by atoms with E-state index in [4.69, 9.17) is 23.8 Å². The lowest BCUT2D eigenvalue weighted by atomic mass is 9.88. The number of oxime groups is 1. The Kier molecular flexibility index (Phi) is 21.5. The fourth-order valence-electron chi connectivity index (χ4n) is 6.65. The van der Waals surface area contributed by atoms with Gasteiger partial charge in [-0.05, 0) is 109 Å². The van der Waals surface area contributed by atoms with Crippen LogP contribution in [0.4, 0.5) is 9.59 Å². The Morgan fingerprint density at radius 3 is 1.48 bits per heavy atom. The van der Waals surface area contributed by atoms with Crippen LogP contribution in [0.3, 0.4) is 0 Å². The van der Waals surface area contributed by atoms with Gasteiger partial charge in [-0.1, -0.05) is 63.2 Å². The quantitative estimate of drug-likeness (QED) is 0.0723. The molecule has 336 valence electrons. The molecule has 0 spiro atoms. The van der Waals surface area contributed by atoms with Gasteiger partial charge in [-0.3, -0.25) is 14.4 Å². The van der Waals surface area contributed by atoms with Gasteiger partial charge < -0.3 is 45.1 Å². The summed E-state index contributed by atoms with van der Waals surface area (Å²) in [6.45, 7) is 22.1. The molecule has 15 nitrogen and oxygen atoms in total. The van der Waals surface area contributed by atoms with Crippen molar-refractivity contribution >= 4 is 36.5 Å². The third kappa shape index (κ3) is 19.5. The van der Waals surface area contributed by atoms with Crippen LogP contribution in [0, 0.1) is 0 Å². The van der Waals surface area contributed by atoms with Gasteiger partial charge in [-0.2, -0.15) is 0 Å². The zero-order chi connectivity index (χ0) is 45.0. The Morgan fingerprint density at radius 1 is 0.683 bits per heavy atom. The summed E-state index contributed by atoms with van der Waals surface area (Å²) >= 11 is 0. The molecule has 1 aromatic carbocycles. The monoisotopic (exact) mass is 842 g/mol. The van der Waals surface area contributed by atoms with Crippen molar-refractivity contribution in [2.24, 2.45) is 5.16 Å². The van der Waals surface area contributed by atoms with Crippen molar-refractivity contribution in [3.63, 3.8) is 0 Å². The van der Waals surface area contributed by atoms with Crippen molar-refractivity contribution in [3.05, 3.63) is 59.2 Å². The number of carbonyl (C=O) groups is 5. The maximum atomic E-state index is 12.6. The molecule has 60 heavy (non-hydrogen) atoms. The molecule has 0 aromatic heterocycles. The van der Waals surface area contributed by atoms with Gasteiger partial charge in [0.25, 0.3) is 0 Å². The van der Waals surface area contributed by atoms with Crippen LogP contribution in [-0.2, 0) is 44.8 Å². The zero-order valence-corrected chi connectivity index (χ0v) is 37.8. The van der Waals surface area contributed by atoms with Crippen molar-refractivity contribution in [1.29, 1.82) is 0 Å². The minimum Gasteiger partial charge on any atom is -0.444 e. The van der Waals surface area contributed by atoms with Crippen molar-refractivity contribution in [2.45, 2.75) is 188 Å². The number of alkyl carbamates (subject to hydrolysis) is 2. The van der Waals surface area contributed by atoms with Gasteiger partial charge in [0.2, 0.25) is 11.8 Å². The van der Waals surface area contributed by atoms with Crippen LogP contribution in [-0.4, -0.2) is 96.3 Å². The number of hydrogen-bond donors (Lipinski definition) is 4. The predicted octanol–water partition coefficient (Wildman–Crippen LogP) is 6.98. The Morgan fingerprint density at radius 2 is 1.10 bits per heavy atom. The minimum atomic E-state index is -0.642. The molecule has 0 heterocycles. The molecular formula is C45H71N5O10. The molecule has 0 unspecified atom stereocenters. The lowest BCUT2D eigenvalue weighted by molar-refractivity contribution is -0.122. The second-order valence-electron chi connectivity index (χ2n) is 17.0. The van der Waals surface area contributed by atoms with Gasteiger partial charge in [0, 0.05) is 13.8 Å². The Hall–Kier alpha value is -4.76. The summed E-state index contributed by atoms with van der Waals surface area (Å²) in [5, 5.41) is 15.6. The molecular weight excluding hydrogens is 771 g/mol. The number of benzene rings is 1. The van der Waals surface area contributed by atoms with Crippen molar-refractivity contribution in [1.82, 2.24) is 21.3 Å². The summed E-state index contributed by atoms with van der Waals surface area (Å²) in [4.78, 5) is 65.3. The Labute approximate surface area is 357 Å².